The van der Waals surface area contributed by atoms with Crippen molar-refractivity contribution in [1.82, 2.24) is 4.90 Å². The lowest BCUT2D eigenvalue weighted by atomic mass is 10.1. The van der Waals surface area contributed by atoms with Crippen LogP contribution in [-0.4, -0.2) is 49.5 Å². The molecule has 1 atom stereocenters. The Morgan fingerprint density at radius 2 is 2.26 bits per heavy atom. The van der Waals surface area contributed by atoms with Crippen LogP contribution in [0.4, 0.5) is 0 Å². The summed E-state index contributed by atoms with van der Waals surface area (Å²) in [5.41, 5.74) is 1.23. The minimum absolute atomic E-state index is 0.171. The molecule has 0 spiro atoms. The van der Waals surface area contributed by atoms with Crippen LogP contribution in [0.25, 0.3) is 0 Å². The largest absolute Gasteiger partial charge is 0.491 e. The monoisotopic (exact) mass is 265 g/mol. The lowest BCUT2D eigenvalue weighted by Crippen LogP contribution is -2.37. The summed E-state index contributed by atoms with van der Waals surface area (Å²) in [5, 5.41) is 9.68. The number of likely N-dealkylation sites (tertiary alicyclic amines) is 1. The number of piperidine rings is 1. The highest BCUT2D eigenvalue weighted by atomic mass is 16.5. The summed E-state index contributed by atoms with van der Waals surface area (Å²) in [5.74, 6) is 0.882. The highest BCUT2D eigenvalue weighted by molar-refractivity contribution is 5.28. The molecular weight excluding hydrogens is 242 g/mol. The average Bonchev–Trinajstić information content (AvgIpc) is 2.39. The molecule has 0 saturated carbocycles. The maximum absolute atomic E-state index is 9.68. The molecule has 1 unspecified atom stereocenters. The van der Waals surface area contributed by atoms with E-state index in [1.165, 1.54) is 5.56 Å². The Kier molecular flexibility index (Phi) is 5.63. The van der Waals surface area contributed by atoms with E-state index in [0.717, 1.165) is 38.2 Å². The van der Waals surface area contributed by atoms with Crippen molar-refractivity contribution in [2.75, 3.05) is 33.4 Å². The molecule has 19 heavy (non-hydrogen) atoms. The highest BCUT2D eigenvalue weighted by Gasteiger charge is 2.17. The van der Waals surface area contributed by atoms with Gasteiger partial charge in [-0.15, -0.1) is 0 Å². The third-order valence-electron chi connectivity index (χ3n) is 3.34. The molecule has 1 aromatic rings. The van der Waals surface area contributed by atoms with E-state index in [-0.39, 0.29) is 6.10 Å². The number of rotatable bonds is 6. The zero-order valence-corrected chi connectivity index (χ0v) is 11.5. The number of aliphatic hydroxyl groups is 1. The molecule has 1 aliphatic rings. The lowest BCUT2D eigenvalue weighted by molar-refractivity contribution is 0.0668. The molecule has 4 heteroatoms. The predicted octanol–water partition coefficient (Wildman–Crippen LogP) is 1.67. The predicted molar refractivity (Wildman–Crippen MR) is 74.3 cm³/mol. The number of nitrogens with zero attached hydrogens (tertiary/aromatic N) is 1. The van der Waals surface area contributed by atoms with Gasteiger partial charge in [0.05, 0.1) is 12.7 Å². The second-order valence-electron chi connectivity index (χ2n) is 5.02. The summed E-state index contributed by atoms with van der Waals surface area (Å²) >= 11 is 0. The van der Waals surface area contributed by atoms with Crippen molar-refractivity contribution in [2.45, 2.75) is 25.5 Å². The standard InChI is InChI=1S/C15H23NO3/c1-18-8-9-19-15-6-2-4-13(10-15)11-16-7-3-5-14(17)12-16/h2,4,6,10,14,17H,3,5,7-9,11-12H2,1H3. The van der Waals surface area contributed by atoms with Gasteiger partial charge in [0.15, 0.2) is 0 Å². The Morgan fingerprint density at radius 3 is 3.05 bits per heavy atom. The van der Waals surface area contributed by atoms with E-state index in [2.05, 4.69) is 17.0 Å². The molecule has 1 fully saturated rings. The number of aliphatic hydroxyl groups excluding tert-OH is 1. The molecule has 0 aliphatic carbocycles. The first-order valence-electron chi connectivity index (χ1n) is 6.89. The lowest BCUT2D eigenvalue weighted by Gasteiger charge is -2.30. The molecular formula is C15H23NO3. The van der Waals surface area contributed by atoms with Gasteiger partial charge < -0.3 is 14.6 Å². The second-order valence-corrected chi connectivity index (χ2v) is 5.02. The van der Waals surface area contributed by atoms with Crippen LogP contribution in [-0.2, 0) is 11.3 Å². The number of methoxy groups -OCH3 is 1. The van der Waals surface area contributed by atoms with Crippen LogP contribution in [0.3, 0.4) is 0 Å². The Hall–Kier alpha value is -1.10. The van der Waals surface area contributed by atoms with E-state index < -0.39 is 0 Å². The van der Waals surface area contributed by atoms with Crippen molar-refractivity contribution < 1.29 is 14.6 Å². The molecule has 4 nitrogen and oxygen atoms in total. The first kappa shape index (κ1) is 14.3. The number of benzene rings is 1. The molecule has 0 bridgehead atoms. The molecule has 0 amide bonds. The Labute approximate surface area is 114 Å². The summed E-state index contributed by atoms with van der Waals surface area (Å²) in [6, 6.07) is 8.14. The van der Waals surface area contributed by atoms with E-state index in [0.29, 0.717) is 13.2 Å². The van der Waals surface area contributed by atoms with Crippen LogP contribution in [0.5, 0.6) is 5.75 Å². The van der Waals surface area contributed by atoms with Gasteiger partial charge in [-0.3, -0.25) is 4.90 Å². The topological polar surface area (TPSA) is 41.9 Å². The van der Waals surface area contributed by atoms with Gasteiger partial charge >= 0.3 is 0 Å². The number of hydrogen-bond acceptors (Lipinski definition) is 4. The van der Waals surface area contributed by atoms with Gasteiger partial charge in [0.25, 0.3) is 0 Å². The van der Waals surface area contributed by atoms with Crippen molar-refractivity contribution in [1.29, 1.82) is 0 Å². The first-order chi connectivity index (χ1) is 9.28. The van der Waals surface area contributed by atoms with Gasteiger partial charge in [0, 0.05) is 20.2 Å². The number of hydrogen-bond donors (Lipinski definition) is 1. The van der Waals surface area contributed by atoms with Crippen LogP contribution < -0.4 is 4.74 Å². The molecule has 2 rings (SSSR count). The summed E-state index contributed by atoms with van der Waals surface area (Å²) in [6.07, 6.45) is 1.83. The van der Waals surface area contributed by atoms with E-state index in [9.17, 15) is 5.11 Å². The fourth-order valence-corrected chi connectivity index (χ4v) is 2.41. The maximum atomic E-state index is 9.68. The molecule has 0 radical (unpaired) electrons. The molecule has 1 aliphatic heterocycles. The molecule has 106 valence electrons. The highest BCUT2D eigenvalue weighted by Crippen LogP contribution is 2.17. The summed E-state index contributed by atoms with van der Waals surface area (Å²) in [4.78, 5) is 2.29. The number of β-amino-alcohol motifs (C(OH)–C–C–N with tert-alkyl or cyclic N) is 1. The van der Waals surface area contributed by atoms with Crippen LogP contribution in [0.2, 0.25) is 0 Å². The Morgan fingerprint density at radius 1 is 1.37 bits per heavy atom. The van der Waals surface area contributed by atoms with E-state index in [1.54, 1.807) is 7.11 Å². The van der Waals surface area contributed by atoms with E-state index in [4.69, 9.17) is 9.47 Å². The van der Waals surface area contributed by atoms with Crippen LogP contribution in [0, 0.1) is 0 Å². The van der Waals surface area contributed by atoms with Crippen molar-refractivity contribution in [2.24, 2.45) is 0 Å². The number of ether oxygens (including phenoxy) is 2. The van der Waals surface area contributed by atoms with Crippen molar-refractivity contribution in [3.8, 4) is 5.75 Å². The smallest absolute Gasteiger partial charge is 0.119 e. The van der Waals surface area contributed by atoms with Crippen LogP contribution in [0.1, 0.15) is 18.4 Å². The van der Waals surface area contributed by atoms with Gasteiger partial charge in [0.1, 0.15) is 12.4 Å². The van der Waals surface area contributed by atoms with Crippen molar-refractivity contribution in [3.63, 3.8) is 0 Å². The zero-order valence-electron chi connectivity index (χ0n) is 11.5. The van der Waals surface area contributed by atoms with Crippen molar-refractivity contribution >= 4 is 0 Å². The molecule has 0 aromatic heterocycles. The Bertz CT molecular complexity index is 383. The normalized spacial score (nSPS) is 20.4. The SMILES string of the molecule is COCCOc1cccc(CN2CCCC(O)C2)c1. The summed E-state index contributed by atoms with van der Waals surface area (Å²) < 4.78 is 10.6. The molecule has 1 aromatic carbocycles. The van der Waals surface area contributed by atoms with Gasteiger partial charge in [-0.2, -0.15) is 0 Å². The summed E-state index contributed by atoms with van der Waals surface area (Å²) in [6.45, 7) is 3.88. The summed E-state index contributed by atoms with van der Waals surface area (Å²) in [7, 11) is 1.67. The molecule has 1 N–H and O–H groups in total. The molecule has 1 saturated heterocycles. The van der Waals surface area contributed by atoms with Crippen LogP contribution in [0.15, 0.2) is 24.3 Å². The Balaban J connectivity index is 1.87. The first-order valence-corrected chi connectivity index (χ1v) is 6.89. The third-order valence-corrected chi connectivity index (χ3v) is 3.34. The van der Waals surface area contributed by atoms with Gasteiger partial charge in [-0.1, -0.05) is 12.1 Å². The zero-order chi connectivity index (χ0) is 13.5. The van der Waals surface area contributed by atoms with E-state index >= 15 is 0 Å². The minimum atomic E-state index is -0.171. The fraction of sp³-hybridized carbons (Fsp3) is 0.600. The average molecular weight is 265 g/mol. The van der Waals surface area contributed by atoms with Crippen molar-refractivity contribution in [3.05, 3.63) is 29.8 Å². The third kappa shape index (κ3) is 4.82. The minimum Gasteiger partial charge on any atom is -0.491 e. The molecule has 1 heterocycles. The second kappa shape index (κ2) is 7.48. The fourth-order valence-electron chi connectivity index (χ4n) is 2.41. The maximum Gasteiger partial charge on any atom is 0.119 e. The van der Waals surface area contributed by atoms with E-state index in [1.807, 2.05) is 12.1 Å². The van der Waals surface area contributed by atoms with Crippen LogP contribution >= 0.6 is 0 Å². The van der Waals surface area contributed by atoms with Gasteiger partial charge in [-0.25, -0.2) is 0 Å². The van der Waals surface area contributed by atoms with Gasteiger partial charge in [-0.05, 0) is 37.1 Å². The quantitative estimate of drug-likeness (QED) is 0.795. The van der Waals surface area contributed by atoms with Gasteiger partial charge in [0.2, 0.25) is 0 Å².